The highest BCUT2D eigenvalue weighted by Gasteiger charge is 2.68. The molecule has 1 saturated carbocycles. The molecule has 2 atom stereocenters. The molecule has 35 heavy (non-hydrogen) atoms. The van der Waals surface area contributed by atoms with E-state index < -0.39 is 33.8 Å². The molecule has 1 N–H and O–H groups in total. The summed E-state index contributed by atoms with van der Waals surface area (Å²) < 4.78 is 11.8. The Hall–Kier alpha value is -1.73. The van der Waals surface area contributed by atoms with Crippen molar-refractivity contribution in [1.82, 2.24) is 0 Å². The summed E-state index contributed by atoms with van der Waals surface area (Å²) in [5, 5.41) is 3.71. The molecule has 1 aliphatic carbocycles. The van der Waals surface area contributed by atoms with Crippen molar-refractivity contribution in [3.63, 3.8) is 0 Å². The molecule has 0 heterocycles. The molecule has 0 aromatic heterocycles. The third-order valence-corrected chi connectivity index (χ3v) is 8.01. The summed E-state index contributed by atoms with van der Waals surface area (Å²) in [6.45, 7) is 0. The van der Waals surface area contributed by atoms with Crippen LogP contribution in [-0.4, -0.2) is 23.2 Å². The summed E-state index contributed by atoms with van der Waals surface area (Å²) in [6.07, 6.45) is 0. The molecule has 0 radical (unpaired) electrons. The van der Waals surface area contributed by atoms with Gasteiger partial charge in [-0.1, -0.05) is 46.4 Å². The van der Waals surface area contributed by atoms with Gasteiger partial charge in [0.2, 0.25) is 5.91 Å². The molecule has 11 heteroatoms. The van der Waals surface area contributed by atoms with Crippen LogP contribution in [0.3, 0.4) is 0 Å². The van der Waals surface area contributed by atoms with E-state index in [0.717, 1.165) is 0 Å². The molecule has 1 fully saturated rings. The summed E-state index contributed by atoms with van der Waals surface area (Å²) in [6, 6.07) is 12.9. The van der Waals surface area contributed by atoms with Crippen LogP contribution in [-0.2, 0) is 4.79 Å². The molecule has 3 aromatic rings. The van der Waals surface area contributed by atoms with E-state index in [1.54, 1.807) is 6.07 Å². The molecular weight excluding hydrogens is 580 g/mol. The standard InChI is InChI=1S/C24H15Cl6FN2O2/c1-33(13-5-2-11(31)3-6-13)23(35)15-8-12(4-7-16(15)25)32-22(34)21-20(24(21,29)30)14-9-18(27)19(28)10-17(14)26/h2-10,20-21H,1H3,(H,32,34)/t20-,21+/m0/s1. The zero-order valence-electron chi connectivity index (χ0n) is 17.8. The first-order chi connectivity index (χ1) is 16.4. The monoisotopic (exact) mass is 592 g/mol. The summed E-state index contributed by atoms with van der Waals surface area (Å²) in [4.78, 5) is 27.4. The molecule has 0 spiro atoms. The molecule has 4 rings (SSSR count). The van der Waals surface area contributed by atoms with Gasteiger partial charge < -0.3 is 10.2 Å². The fraction of sp³-hybridized carbons (Fsp3) is 0.167. The Labute approximate surface area is 230 Å². The predicted molar refractivity (Wildman–Crippen MR) is 141 cm³/mol. The number of carbonyl (C=O) groups is 2. The van der Waals surface area contributed by atoms with Crippen LogP contribution in [0.15, 0.2) is 54.6 Å². The normalized spacial score (nSPS) is 18.2. The van der Waals surface area contributed by atoms with Gasteiger partial charge in [-0.05, 0) is 60.2 Å². The third kappa shape index (κ3) is 5.22. The molecule has 4 nitrogen and oxygen atoms in total. The smallest absolute Gasteiger partial charge is 0.259 e. The van der Waals surface area contributed by atoms with Crippen molar-refractivity contribution in [2.75, 3.05) is 17.3 Å². The average molecular weight is 595 g/mol. The molecule has 0 bridgehead atoms. The quantitative estimate of drug-likeness (QED) is 0.239. The Morgan fingerprint density at radius 1 is 0.886 bits per heavy atom. The molecule has 2 amide bonds. The van der Waals surface area contributed by atoms with Crippen molar-refractivity contribution >= 4 is 92.8 Å². The number of anilines is 2. The Balaban J connectivity index is 1.55. The van der Waals surface area contributed by atoms with Gasteiger partial charge >= 0.3 is 0 Å². The number of nitrogens with zero attached hydrogens (tertiary/aromatic N) is 1. The molecular formula is C24H15Cl6FN2O2. The summed E-state index contributed by atoms with van der Waals surface area (Å²) in [5.41, 5.74) is 1.42. The topological polar surface area (TPSA) is 49.4 Å². The highest BCUT2D eigenvalue weighted by Crippen LogP contribution is 2.66. The van der Waals surface area contributed by atoms with E-state index in [9.17, 15) is 14.0 Å². The second kappa shape index (κ2) is 9.97. The lowest BCUT2D eigenvalue weighted by atomic mass is 10.1. The van der Waals surface area contributed by atoms with Gasteiger partial charge in [-0.3, -0.25) is 9.59 Å². The van der Waals surface area contributed by atoms with Crippen molar-refractivity contribution in [3.05, 3.63) is 91.6 Å². The minimum absolute atomic E-state index is 0.138. The van der Waals surface area contributed by atoms with Crippen LogP contribution in [0.4, 0.5) is 15.8 Å². The Bertz CT molecular complexity index is 1330. The lowest BCUT2D eigenvalue weighted by molar-refractivity contribution is -0.117. The van der Waals surface area contributed by atoms with E-state index in [-0.39, 0.29) is 25.7 Å². The van der Waals surface area contributed by atoms with Crippen LogP contribution in [0, 0.1) is 11.7 Å². The van der Waals surface area contributed by atoms with Gasteiger partial charge in [0.1, 0.15) is 10.2 Å². The SMILES string of the molecule is CN(C(=O)c1cc(NC(=O)[C@H]2[C@H](c3cc(Cl)c(Cl)cc3Cl)C2(Cl)Cl)ccc1Cl)c1ccc(F)cc1. The van der Waals surface area contributed by atoms with Gasteiger partial charge in [0.25, 0.3) is 5.91 Å². The van der Waals surface area contributed by atoms with E-state index >= 15 is 0 Å². The lowest BCUT2D eigenvalue weighted by Gasteiger charge is -2.18. The van der Waals surface area contributed by atoms with Crippen molar-refractivity contribution in [3.8, 4) is 0 Å². The largest absolute Gasteiger partial charge is 0.326 e. The minimum atomic E-state index is -1.42. The Kier molecular flexibility index (Phi) is 7.50. The molecule has 182 valence electrons. The first-order valence-corrected chi connectivity index (χ1v) is 12.3. The maximum Gasteiger partial charge on any atom is 0.259 e. The van der Waals surface area contributed by atoms with Gasteiger partial charge in [-0.25, -0.2) is 4.39 Å². The first kappa shape index (κ1) is 26.3. The molecule has 0 saturated heterocycles. The highest BCUT2D eigenvalue weighted by atomic mass is 35.5. The second-order valence-electron chi connectivity index (χ2n) is 7.94. The van der Waals surface area contributed by atoms with Gasteiger partial charge in [0.05, 0.1) is 26.5 Å². The van der Waals surface area contributed by atoms with Gasteiger partial charge in [-0.15, -0.1) is 23.2 Å². The van der Waals surface area contributed by atoms with E-state index in [4.69, 9.17) is 69.6 Å². The van der Waals surface area contributed by atoms with E-state index in [2.05, 4.69) is 5.32 Å². The number of hydrogen-bond acceptors (Lipinski definition) is 2. The summed E-state index contributed by atoms with van der Waals surface area (Å²) in [5.74, 6) is -2.81. The zero-order chi connectivity index (χ0) is 25.7. The number of amides is 2. The third-order valence-electron chi connectivity index (χ3n) is 5.69. The van der Waals surface area contributed by atoms with Crippen molar-refractivity contribution in [2.24, 2.45) is 5.92 Å². The maximum absolute atomic E-state index is 13.2. The van der Waals surface area contributed by atoms with Crippen LogP contribution in [0.2, 0.25) is 20.1 Å². The predicted octanol–water partition coefficient (Wildman–Crippen LogP) is 8.24. The van der Waals surface area contributed by atoms with Gasteiger partial charge in [-0.2, -0.15) is 0 Å². The van der Waals surface area contributed by atoms with Crippen LogP contribution in [0.5, 0.6) is 0 Å². The Morgan fingerprint density at radius 2 is 1.51 bits per heavy atom. The van der Waals surface area contributed by atoms with Crippen LogP contribution >= 0.6 is 69.6 Å². The number of nitrogens with one attached hydrogen (secondary N) is 1. The summed E-state index contributed by atoms with van der Waals surface area (Å²) >= 11 is 37.5. The zero-order valence-corrected chi connectivity index (χ0v) is 22.3. The molecule has 0 unspecified atom stereocenters. The van der Waals surface area contributed by atoms with E-state index in [0.29, 0.717) is 16.9 Å². The number of rotatable bonds is 5. The lowest BCUT2D eigenvalue weighted by Crippen LogP contribution is -2.26. The second-order valence-corrected chi connectivity index (χ2v) is 11.0. The van der Waals surface area contributed by atoms with Gasteiger partial charge in [0.15, 0.2) is 0 Å². The number of alkyl halides is 2. The van der Waals surface area contributed by atoms with Crippen LogP contribution < -0.4 is 10.2 Å². The van der Waals surface area contributed by atoms with E-state index in [1.165, 1.54) is 60.5 Å². The number of halogens is 7. The maximum atomic E-state index is 13.2. The van der Waals surface area contributed by atoms with Crippen molar-refractivity contribution < 1.29 is 14.0 Å². The molecule has 1 aliphatic rings. The van der Waals surface area contributed by atoms with Crippen LogP contribution in [0.25, 0.3) is 0 Å². The number of benzene rings is 3. The van der Waals surface area contributed by atoms with Crippen molar-refractivity contribution in [2.45, 2.75) is 10.3 Å². The first-order valence-electron chi connectivity index (χ1n) is 10.1. The minimum Gasteiger partial charge on any atom is -0.326 e. The fourth-order valence-electron chi connectivity index (χ4n) is 3.77. The summed E-state index contributed by atoms with van der Waals surface area (Å²) in [7, 11) is 1.53. The van der Waals surface area contributed by atoms with Gasteiger partial charge in [0, 0.05) is 29.4 Å². The Morgan fingerprint density at radius 3 is 2.17 bits per heavy atom. The highest BCUT2D eigenvalue weighted by molar-refractivity contribution is 6.54. The van der Waals surface area contributed by atoms with E-state index in [1.807, 2.05) is 0 Å². The average Bonchev–Trinajstić information content (AvgIpc) is 3.38. The van der Waals surface area contributed by atoms with Crippen LogP contribution in [0.1, 0.15) is 21.8 Å². The molecule has 0 aliphatic heterocycles. The molecule has 3 aromatic carbocycles. The number of carbonyl (C=O) groups excluding carboxylic acids is 2. The van der Waals surface area contributed by atoms with Crippen molar-refractivity contribution in [1.29, 1.82) is 0 Å². The number of hydrogen-bond donors (Lipinski definition) is 1. The fourth-order valence-corrected chi connectivity index (χ4v) is 5.45.